The average molecular weight is 293 g/mol. The highest BCUT2D eigenvalue weighted by Crippen LogP contribution is 2.28. The quantitative estimate of drug-likeness (QED) is 0.709. The number of nitrogens with one attached hydrogen (secondary N) is 1. The molecule has 2 fully saturated rings. The average Bonchev–Trinajstić information content (AvgIpc) is 3.36. The van der Waals surface area contributed by atoms with Crippen LogP contribution in [0, 0.1) is 11.7 Å². The molecule has 21 heavy (non-hydrogen) atoms. The van der Waals surface area contributed by atoms with Crippen molar-refractivity contribution >= 4 is 5.82 Å². The maximum absolute atomic E-state index is 13.4. The normalized spacial score (nSPS) is 18.0. The minimum atomic E-state index is -0.273. The van der Waals surface area contributed by atoms with Crippen LogP contribution in [0.3, 0.4) is 0 Å². The van der Waals surface area contributed by atoms with Crippen LogP contribution in [-0.2, 0) is 11.3 Å². The lowest BCUT2D eigenvalue weighted by Gasteiger charge is -2.21. The molecule has 0 aromatic carbocycles. The fourth-order valence-corrected chi connectivity index (χ4v) is 2.33. The second kappa shape index (κ2) is 6.71. The van der Waals surface area contributed by atoms with Gasteiger partial charge in [0.25, 0.3) is 0 Å². The van der Waals surface area contributed by atoms with Gasteiger partial charge in [-0.2, -0.15) is 0 Å². The Hall–Kier alpha value is -1.20. The summed E-state index contributed by atoms with van der Waals surface area (Å²) in [5.41, 5.74) is 0.923. The lowest BCUT2D eigenvalue weighted by molar-refractivity contribution is 0.130. The topological polar surface area (TPSA) is 37.4 Å². The summed E-state index contributed by atoms with van der Waals surface area (Å²) >= 11 is 0. The Kier molecular flexibility index (Phi) is 4.70. The van der Waals surface area contributed by atoms with Crippen LogP contribution in [0.15, 0.2) is 12.3 Å². The van der Waals surface area contributed by atoms with Gasteiger partial charge in [0.1, 0.15) is 11.6 Å². The first-order valence-electron chi connectivity index (χ1n) is 7.89. The summed E-state index contributed by atoms with van der Waals surface area (Å²) in [6, 6.07) is 2.19. The highest BCUT2D eigenvalue weighted by molar-refractivity contribution is 5.46. The van der Waals surface area contributed by atoms with Crippen molar-refractivity contribution in [3.8, 4) is 0 Å². The van der Waals surface area contributed by atoms with Crippen LogP contribution in [0.1, 0.15) is 31.2 Å². The number of hydrogen-bond donors (Lipinski definition) is 1. The second-order valence-electron chi connectivity index (χ2n) is 6.23. The molecular formula is C16H24FN3O. The van der Waals surface area contributed by atoms with Crippen molar-refractivity contribution < 1.29 is 9.13 Å². The van der Waals surface area contributed by atoms with E-state index in [0.29, 0.717) is 19.2 Å². The number of aromatic nitrogens is 1. The van der Waals surface area contributed by atoms with E-state index in [2.05, 4.69) is 15.2 Å². The summed E-state index contributed by atoms with van der Waals surface area (Å²) in [6.45, 7) is 3.03. The van der Waals surface area contributed by atoms with E-state index in [9.17, 15) is 4.39 Å². The highest BCUT2D eigenvalue weighted by atomic mass is 19.1. The van der Waals surface area contributed by atoms with Crippen molar-refractivity contribution in [2.45, 2.75) is 38.3 Å². The number of nitrogens with zero attached hydrogens (tertiary/aromatic N) is 2. The van der Waals surface area contributed by atoms with Gasteiger partial charge in [-0.05, 0) is 37.7 Å². The number of anilines is 1. The van der Waals surface area contributed by atoms with Gasteiger partial charge in [0.2, 0.25) is 0 Å². The molecule has 4 nitrogen and oxygen atoms in total. The van der Waals surface area contributed by atoms with E-state index in [4.69, 9.17) is 4.74 Å². The number of pyridine rings is 1. The molecule has 0 unspecified atom stereocenters. The largest absolute Gasteiger partial charge is 0.379 e. The molecule has 0 atom stereocenters. The summed E-state index contributed by atoms with van der Waals surface area (Å²) in [5, 5.41) is 3.42. The molecule has 0 aliphatic heterocycles. The number of halogens is 1. The summed E-state index contributed by atoms with van der Waals surface area (Å²) in [7, 11) is 1.99. The Labute approximate surface area is 125 Å². The molecule has 0 bridgehead atoms. The van der Waals surface area contributed by atoms with Crippen molar-refractivity contribution in [2.75, 3.05) is 31.7 Å². The summed E-state index contributed by atoms with van der Waals surface area (Å²) in [6.07, 6.45) is 6.36. The summed E-state index contributed by atoms with van der Waals surface area (Å²) in [4.78, 5) is 6.31. The molecule has 1 N–H and O–H groups in total. The molecule has 0 saturated heterocycles. The Morgan fingerprint density at radius 2 is 2.19 bits per heavy atom. The molecule has 2 aliphatic carbocycles. The SMILES string of the molecule is CN(CCOCC1CC1)c1ncc(F)cc1CNC1CC1. The molecule has 1 heterocycles. The first-order valence-corrected chi connectivity index (χ1v) is 7.89. The smallest absolute Gasteiger partial charge is 0.141 e. The fourth-order valence-electron chi connectivity index (χ4n) is 2.33. The third-order valence-electron chi connectivity index (χ3n) is 4.05. The van der Waals surface area contributed by atoms with Crippen LogP contribution in [0.2, 0.25) is 0 Å². The Balaban J connectivity index is 1.52. The number of rotatable bonds is 9. The molecule has 1 aromatic heterocycles. The van der Waals surface area contributed by atoms with Crippen LogP contribution >= 0.6 is 0 Å². The van der Waals surface area contributed by atoms with E-state index in [-0.39, 0.29) is 5.82 Å². The number of likely N-dealkylation sites (N-methyl/N-ethyl adjacent to an activating group) is 1. The van der Waals surface area contributed by atoms with Crippen LogP contribution < -0.4 is 10.2 Å². The van der Waals surface area contributed by atoms with Gasteiger partial charge in [0.15, 0.2) is 0 Å². The van der Waals surface area contributed by atoms with Gasteiger partial charge in [0, 0.05) is 38.3 Å². The van der Waals surface area contributed by atoms with Gasteiger partial charge in [-0.1, -0.05) is 0 Å². The maximum atomic E-state index is 13.4. The number of hydrogen-bond acceptors (Lipinski definition) is 4. The molecule has 3 rings (SSSR count). The van der Waals surface area contributed by atoms with E-state index in [1.165, 1.54) is 31.9 Å². The molecule has 5 heteroatoms. The van der Waals surface area contributed by atoms with E-state index >= 15 is 0 Å². The van der Waals surface area contributed by atoms with Crippen molar-refractivity contribution in [1.82, 2.24) is 10.3 Å². The van der Waals surface area contributed by atoms with Crippen LogP contribution in [0.25, 0.3) is 0 Å². The minimum absolute atomic E-state index is 0.273. The zero-order valence-electron chi connectivity index (χ0n) is 12.6. The summed E-state index contributed by atoms with van der Waals surface area (Å²) < 4.78 is 19.1. The lowest BCUT2D eigenvalue weighted by atomic mass is 10.2. The first kappa shape index (κ1) is 14.7. The predicted octanol–water partition coefficient (Wildman–Crippen LogP) is 2.34. The Bertz CT molecular complexity index is 475. The standard InChI is InChI=1S/C16H24FN3O/c1-20(6-7-21-11-12-2-3-12)16-13(8-14(17)10-19-16)9-18-15-4-5-15/h8,10,12,15,18H,2-7,9,11H2,1H3. The molecule has 0 amide bonds. The van der Waals surface area contributed by atoms with E-state index < -0.39 is 0 Å². The van der Waals surface area contributed by atoms with Gasteiger partial charge in [-0.15, -0.1) is 0 Å². The molecule has 116 valence electrons. The Morgan fingerprint density at radius 1 is 1.38 bits per heavy atom. The molecular weight excluding hydrogens is 269 g/mol. The molecule has 0 spiro atoms. The monoisotopic (exact) mass is 293 g/mol. The molecule has 2 aliphatic rings. The third kappa shape index (κ3) is 4.64. The third-order valence-corrected chi connectivity index (χ3v) is 4.05. The highest BCUT2D eigenvalue weighted by Gasteiger charge is 2.22. The van der Waals surface area contributed by atoms with E-state index in [1.807, 2.05) is 7.05 Å². The number of ether oxygens (including phenoxy) is 1. The Morgan fingerprint density at radius 3 is 2.90 bits per heavy atom. The van der Waals surface area contributed by atoms with E-state index in [0.717, 1.165) is 30.5 Å². The van der Waals surface area contributed by atoms with Crippen molar-refractivity contribution in [3.63, 3.8) is 0 Å². The first-order chi connectivity index (χ1) is 10.2. The van der Waals surface area contributed by atoms with Crippen molar-refractivity contribution in [3.05, 3.63) is 23.6 Å². The van der Waals surface area contributed by atoms with E-state index in [1.54, 1.807) is 6.07 Å². The van der Waals surface area contributed by atoms with Gasteiger partial charge in [0.05, 0.1) is 12.8 Å². The van der Waals surface area contributed by atoms with Gasteiger partial charge in [-0.25, -0.2) is 9.37 Å². The van der Waals surface area contributed by atoms with Crippen LogP contribution in [-0.4, -0.2) is 37.8 Å². The zero-order valence-corrected chi connectivity index (χ0v) is 12.6. The predicted molar refractivity (Wildman–Crippen MR) is 80.9 cm³/mol. The van der Waals surface area contributed by atoms with Gasteiger partial charge in [-0.3, -0.25) is 0 Å². The fraction of sp³-hybridized carbons (Fsp3) is 0.688. The van der Waals surface area contributed by atoms with Crippen molar-refractivity contribution in [2.24, 2.45) is 5.92 Å². The molecule has 1 aromatic rings. The minimum Gasteiger partial charge on any atom is -0.379 e. The summed E-state index contributed by atoms with van der Waals surface area (Å²) in [5.74, 6) is 1.36. The second-order valence-corrected chi connectivity index (χ2v) is 6.23. The molecule has 2 saturated carbocycles. The van der Waals surface area contributed by atoms with Crippen LogP contribution in [0.4, 0.5) is 10.2 Å². The van der Waals surface area contributed by atoms with Crippen LogP contribution in [0.5, 0.6) is 0 Å². The maximum Gasteiger partial charge on any atom is 0.141 e. The van der Waals surface area contributed by atoms with Crippen molar-refractivity contribution in [1.29, 1.82) is 0 Å². The lowest BCUT2D eigenvalue weighted by Crippen LogP contribution is -2.26. The van der Waals surface area contributed by atoms with Gasteiger partial charge < -0.3 is 15.0 Å². The van der Waals surface area contributed by atoms with Gasteiger partial charge >= 0.3 is 0 Å². The zero-order chi connectivity index (χ0) is 14.7. The molecule has 0 radical (unpaired) electrons.